The van der Waals surface area contributed by atoms with E-state index < -0.39 is 17.5 Å². The van der Waals surface area contributed by atoms with Crippen LogP contribution in [0.2, 0.25) is 10.0 Å². The summed E-state index contributed by atoms with van der Waals surface area (Å²) in [6.07, 6.45) is 3.05. The third kappa shape index (κ3) is 5.06. The minimum absolute atomic E-state index is 0.0740. The Bertz CT molecular complexity index is 1270. The molecule has 0 saturated heterocycles. The first-order valence-electron chi connectivity index (χ1n) is 9.28. The van der Waals surface area contributed by atoms with E-state index in [0.717, 1.165) is 11.6 Å². The Kier molecular flexibility index (Phi) is 6.38. The molecule has 0 aliphatic carbocycles. The number of rotatable bonds is 7. The second-order valence-corrected chi connectivity index (χ2v) is 7.47. The molecule has 2 heterocycles. The van der Waals surface area contributed by atoms with Gasteiger partial charge in [0, 0.05) is 23.5 Å². The number of nitrogens with one attached hydrogen (secondary N) is 1. The quantitative estimate of drug-likeness (QED) is 0.406. The predicted octanol–water partition coefficient (Wildman–Crippen LogP) is 5.00. The Balaban J connectivity index is 1.39. The second kappa shape index (κ2) is 9.37. The minimum atomic E-state index is -0.836. The smallest absolute Gasteiger partial charge is 0.277 e. The van der Waals surface area contributed by atoms with Gasteiger partial charge in [-0.05, 0) is 29.8 Å². The number of ether oxygens (including phenoxy) is 1. The highest BCUT2D eigenvalue weighted by Gasteiger charge is 2.15. The molecule has 1 amide bonds. The molecule has 0 spiro atoms. The molecule has 7 nitrogen and oxygen atoms in total. The van der Waals surface area contributed by atoms with Crippen LogP contribution in [0.3, 0.4) is 0 Å². The average Bonchev–Trinajstić information content (AvgIpc) is 3.36. The number of carbonyl (C=O) groups is 1. The van der Waals surface area contributed by atoms with E-state index in [0.29, 0.717) is 17.6 Å². The molecule has 11 heteroatoms. The molecule has 4 rings (SSSR count). The number of benzene rings is 2. The lowest BCUT2D eigenvalue weighted by atomic mass is 10.2. The number of amides is 1. The fraction of sp³-hybridized carbons (Fsp3) is 0.0952. The van der Waals surface area contributed by atoms with E-state index >= 15 is 0 Å². The lowest BCUT2D eigenvalue weighted by Crippen LogP contribution is -2.15. The molecule has 0 aliphatic heterocycles. The number of aromatic nitrogens is 4. The van der Waals surface area contributed by atoms with Crippen LogP contribution < -0.4 is 10.1 Å². The molecule has 4 aromatic rings. The van der Waals surface area contributed by atoms with Crippen LogP contribution in [-0.2, 0) is 13.3 Å². The molecule has 2 aromatic carbocycles. The summed E-state index contributed by atoms with van der Waals surface area (Å²) in [4.78, 5) is 12.5. The topological polar surface area (TPSA) is 74.0 Å². The summed E-state index contributed by atoms with van der Waals surface area (Å²) in [6.45, 7) is 0.199. The lowest BCUT2D eigenvalue weighted by molar-refractivity contribution is 0.101. The van der Waals surface area contributed by atoms with Crippen LogP contribution in [0.4, 0.5) is 14.6 Å². The van der Waals surface area contributed by atoms with E-state index in [9.17, 15) is 13.6 Å². The number of nitrogens with zero attached hydrogens (tertiary/aromatic N) is 4. The van der Waals surface area contributed by atoms with E-state index in [1.165, 1.54) is 23.0 Å². The zero-order chi connectivity index (χ0) is 22.7. The number of anilines is 1. The fourth-order valence-electron chi connectivity index (χ4n) is 2.82. The average molecular weight is 478 g/mol. The molecule has 164 valence electrons. The van der Waals surface area contributed by atoms with Crippen molar-refractivity contribution in [1.29, 1.82) is 0 Å². The zero-order valence-electron chi connectivity index (χ0n) is 16.3. The van der Waals surface area contributed by atoms with Crippen molar-refractivity contribution in [1.82, 2.24) is 19.6 Å². The molecular formula is C21H15Cl2F2N5O2. The molecule has 0 saturated carbocycles. The fourth-order valence-corrected chi connectivity index (χ4v) is 3.21. The van der Waals surface area contributed by atoms with E-state index in [1.807, 2.05) is 18.2 Å². The van der Waals surface area contributed by atoms with Crippen molar-refractivity contribution in [3.05, 3.63) is 93.9 Å². The van der Waals surface area contributed by atoms with Crippen LogP contribution in [0.25, 0.3) is 0 Å². The van der Waals surface area contributed by atoms with Crippen LogP contribution in [0.5, 0.6) is 5.75 Å². The van der Waals surface area contributed by atoms with Gasteiger partial charge in [-0.15, -0.1) is 0 Å². The van der Waals surface area contributed by atoms with Gasteiger partial charge in [-0.2, -0.15) is 10.2 Å². The molecule has 0 radical (unpaired) electrons. The van der Waals surface area contributed by atoms with E-state index in [4.69, 9.17) is 27.9 Å². The first-order valence-corrected chi connectivity index (χ1v) is 10.0. The third-order valence-electron chi connectivity index (χ3n) is 4.36. The highest BCUT2D eigenvalue weighted by molar-refractivity contribution is 6.33. The number of hydrogen-bond donors (Lipinski definition) is 1. The Labute approximate surface area is 191 Å². The van der Waals surface area contributed by atoms with Crippen molar-refractivity contribution in [3.8, 4) is 5.75 Å². The van der Waals surface area contributed by atoms with Gasteiger partial charge < -0.3 is 10.1 Å². The Morgan fingerprint density at radius 1 is 1.03 bits per heavy atom. The van der Waals surface area contributed by atoms with E-state index in [2.05, 4.69) is 15.5 Å². The summed E-state index contributed by atoms with van der Waals surface area (Å²) in [7, 11) is 0. The normalized spacial score (nSPS) is 10.9. The van der Waals surface area contributed by atoms with E-state index in [1.54, 1.807) is 16.9 Å². The lowest BCUT2D eigenvalue weighted by Gasteiger charge is -2.07. The van der Waals surface area contributed by atoms with Crippen LogP contribution >= 0.6 is 23.2 Å². The first kappa shape index (κ1) is 21.8. The maximum atomic E-state index is 13.6. The molecule has 32 heavy (non-hydrogen) atoms. The molecule has 0 fully saturated rings. The minimum Gasteiger partial charge on any atom is -0.468 e. The molecule has 0 atom stereocenters. The van der Waals surface area contributed by atoms with Gasteiger partial charge in [-0.25, -0.2) is 13.5 Å². The molecule has 0 bridgehead atoms. The Hall–Kier alpha value is -3.43. The summed E-state index contributed by atoms with van der Waals surface area (Å²) in [5.74, 6) is -2.05. The standard InChI is InChI=1S/C21H15Cl2F2N5O2/c22-15-4-2-1-3-13(15)10-30-11-16(23)20(28-30)26-21(31)18-7-8-29(27-18)12-32-19-6-5-14(24)9-17(19)25/h1-9,11H,10,12H2,(H,26,28,31). The Morgan fingerprint density at radius 3 is 2.62 bits per heavy atom. The van der Waals surface area contributed by atoms with Gasteiger partial charge in [-0.1, -0.05) is 41.4 Å². The van der Waals surface area contributed by atoms with Gasteiger partial charge >= 0.3 is 0 Å². The summed E-state index contributed by atoms with van der Waals surface area (Å²) < 4.78 is 34.7. The largest absolute Gasteiger partial charge is 0.468 e. The predicted molar refractivity (Wildman–Crippen MR) is 115 cm³/mol. The molecule has 1 N–H and O–H groups in total. The second-order valence-electron chi connectivity index (χ2n) is 6.66. The highest BCUT2D eigenvalue weighted by atomic mass is 35.5. The van der Waals surface area contributed by atoms with Crippen molar-refractivity contribution in [2.75, 3.05) is 5.32 Å². The zero-order valence-corrected chi connectivity index (χ0v) is 17.8. The summed E-state index contributed by atoms with van der Waals surface area (Å²) in [5.41, 5.74) is 0.924. The van der Waals surface area contributed by atoms with Crippen LogP contribution in [0, 0.1) is 11.6 Å². The van der Waals surface area contributed by atoms with Crippen molar-refractivity contribution < 1.29 is 18.3 Å². The molecule has 2 aromatic heterocycles. The summed E-state index contributed by atoms with van der Waals surface area (Å²) >= 11 is 12.4. The molecule has 0 aliphatic rings. The molecular weight excluding hydrogens is 463 g/mol. The molecule has 0 unspecified atom stereocenters. The SMILES string of the molecule is O=C(Nc1nn(Cc2ccccc2Cl)cc1Cl)c1ccn(COc2ccc(F)cc2F)n1. The van der Waals surface area contributed by atoms with Crippen LogP contribution in [0.15, 0.2) is 60.9 Å². The number of halogens is 4. The van der Waals surface area contributed by atoms with Crippen molar-refractivity contribution in [3.63, 3.8) is 0 Å². The van der Waals surface area contributed by atoms with Gasteiger partial charge in [0.2, 0.25) is 0 Å². The summed E-state index contributed by atoms with van der Waals surface area (Å²) in [5, 5.41) is 11.8. The van der Waals surface area contributed by atoms with Gasteiger partial charge in [0.1, 0.15) is 10.8 Å². The Morgan fingerprint density at radius 2 is 1.84 bits per heavy atom. The van der Waals surface area contributed by atoms with Gasteiger partial charge in [0.25, 0.3) is 5.91 Å². The monoisotopic (exact) mass is 477 g/mol. The van der Waals surface area contributed by atoms with Crippen LogP contribution in [0.1, 0.15) is 16.1 Å². The number of carbonyl (C=O) groups excluding carboxylic acids is 1. The maximum absolute atomic E-state index is 13.6. The first-order chi connectivity index (χ1) is 15.4. The van der Waals surface area contributed by atoms with Crippen LogP contribution in [-0.4, -0.2) is 25.5 Å². The van der Waals surface area contributed by atoms with E-state index in [-0.39, 0.29) is 29.0 Å². The maximum Gasteiger partial charge on any atom is 0.277 e. The van der Waals surface area contributed by atoms with Gasteiger partial charge in [0.15, 0.2) is 29.8 Å². The van der Waals surface area contributed by atoms with Crippen molar-refractivity contribution in [2.24, 2.45) is 0 Å². The van der Waals surface area contributed by atoms with Crippen molar-refractivity contribution >= 4 is 34.9 Å². The van der Waals surface area contributed by atoms with Crippen molar-refractivity contribution in [2.45, 2.75) is 13.3 Å². The summed E-state index contributed by atoms with van der Waals surface area (Å²) in [6, 6.07) is 11.7. The van der Waals surface area contributed by atoms with Gasteiger partial charge in [0.05, 0.1) is 6.54 Å². The highest BCUT2D eigenvalue weighted by Crippen LogP contribution is 2.23. The number of hydrogen-bond acceptors (Lipinski definition) is 4. The van der Waals surface area contributed by atoms with Gasteiger partial charge in [-0.3, -0.25) is 9.48 Å². The third-order valence-corrected chi connectivity index (χ3v) is 5.00.